The molecule has 0 atom stereocenters. The molecule has 0 aromatic heterocycles. The van der Waals surface area contributed by atoms with Gasteiger partial charge in [-0.1, -0.05) is 140 Å². The molecule has 0 spiro atoms. The minimum absolute atomic E-state index is 0.0168. The summed E-state index contributed by atoms with van der Waals surface area (Å²) in [6.45, 7) is 3.72. The molecule has 0 saturated carbocycles. The quantitative estimate of drug-likeness (QED) is 0.0855. The zero-order valence-electron chi connectivity index (χ0n) is 38.6. The van der Waals surface area contributed by atoms with Crippen molar-refractivity contribution in [3.05, 3.63) is 243 Å². The van der Waals surface area contributed by atoms with Crippen molar-refractivity contribution in [3.63, 3.8) is 0 Å². The molecule has 368 valence electrons. The number of hydrogen-bond acceptors (Lipinski definition) is 6. The highest BCUT2D eigenvalue weighted by Crippen LogP contribution is 2.42. The number of ketones is 2. The highest BCUT2D eigenvalue weighted by Gasteiger charge is 2.35. The second-order valence-electron chi connectivity index (χ2n) is 15.9. The number of Topliss-reactive ketones (excluding diaryl/α,β-unsaturated/α-hetero) is 2. The Kier molecular flexibility index (Phi) is 18.3. The Bertz CT molecular complexity index is 2950. The van der Waals surface area contributed by atoms with Crippen molar-refractivity contribution in [1.29, 1.82) is 0 Å². The van der Waals surface area contributed by atoms with Crippen molar-refractivity contribution >= 4 is 33.5 Å². The number of ether oxygens (including phenoxy) is 3. The van der Waals surface area contributed by atoms with Crippen LogP contribution in [0.5, 0.6) is 17.2 Å². The van der Waals surface area contributed by atoms with E-state index in [1.807, 2.05) is 97.1 Å². The van der Waals surface area contributed by atoms with Crippen molar-refractivity contribution in [2.75, 3.05) is 0 Å². The Morgan fingerprint density at radius 3 is 1.11 bits per heavy atom. The van der Waals surface area contributed by atoms with Crippen molar-refractivity contribution in [3.8, 4) is 39.5 Å². The molecule has 1 N–H and O–H groups in total. The van der Waals surface area contributed by atoms with E-state index in [0.717, 1.165) is 33.3 Å². The van der Waals surface area contributed by atoms with Gasteiger partial charge in [0.15, 0.2) is 11.6 Å². The van der Waals surface area contributed by atoms with Crippen molar-refractivity contribution < 1.29 is 60.0 Å². The van der Waals surface area contributed by atoms with Crippen LogP contribution in [0.15, 0.2) is 199 Å². The molecule has 0 bridgehead atoms. The summed E-state index contributed by atoms with van der Waals surface area (Å²) in [5, 5.41) is 9.20. The zero-order valence-corrected chi connectivity index (χ0v) is 40.2. The first-order chi connectivity index (χ1) is 34.4. The maximum absolute atomic E-state index is 13.4. The molecule has 0 saturated heterocycles. The lowest BCUT2D eigenvalue weighted by atomic mass is 9.96. The summed E-state index contributed by atoms with van der Waals surface area (Å²) in [6.07, 6.45) is -9.04. The van der Waals surface area contributed by atoms with E-state index in [9.17, 15) is 45.8 Å². The van der Waals surface area contributed by atoms with Gasteiger partial charge < -0.3 is 19.3 Å². The molecule has 0 radical (unpaired) electrons. The topological polar surface area (TPSA) is 99.1 Å². The molecule has 0 unspecified atom stereocenters. The van der Waals surface area contributed by atoms with E-state index in [4.69, 9.17) is 14.2 Å². The minimum Gasteiger partial charge on any atom is -0.488 e. The number of hydrogen-bond donors (Lipinski definition) is 1. The van der Waals surface area contributed by atoms with Crippen LogP contribution in [0.4, 0.5) is 26.3 Å². The molecule has 0 fully saturated rings. The van der Waals surface area contributed by atoms with Gasteiger partial charge in [-0.2, -0.15) is 26.3 Å². The third-order valence-corrected chi connectivity index (χ3v) is 11.4. The molecule has 0 aliphatic carbocycles. The van der Waals surface area contributed by atoms with Crippen LogP contribution in [0.1, 0.15) is 72.7 Å². The Labute approximate surface area is 420 Å². The van der Waals surface area contributed by atoms with Crippen LogP contribution >= 0.6 is 15.9 Å². The molecule has 0 aliphatic heterocycles. The van der Waals surface area contributed by atoms with Gasteiger partial charge in [-0.25, -0.2) is 4.79 Å². The average molecular weight is 1050 g/mol. The van der Waals surface area contributed by atoms with Crippen LogP contribution in [-0.2, 0) is 32.2 Å². The van der Waals surface area contributed by atoms with Crippen LogP contribution in [-0.4, -0.2) is 22.6 Å². The summed E-state index contributed by atoms with van der Waals surface area (Å²) in [6, 6.07) is 52.5. The molecular weight excluding hydrogens is 1000 g/mol. The highest BCUT2D eigenvalue weighted by atomic mass is 79.9. The maximum atomic E-state index is 13.4. The van der Waals surface area contributed by atoms with E-state index in [0.29, 0.717) is 29.0 Å². The summed E-state index contributed by atoms with van der Waals surface area (Å²) >= 11 is 3.42. The van der Waals surface area contributed by atoms with Gasteiger partial charge in [0, 0.05) is 22.3 Å². The zero-order chi connectivity index (χ0) is 51.8. The van der Waals surface area contributed by atoms with E-state index in [-0.39, 0.29) is 58.5 Å². The molecular formula is C58H45BrF6O7. The highest BCUT2D eigenvalue weighted by molar-refractivity contribution is 9.10. The number of halogens is 7. The number of rotatable bonds is 14. The van der Waals surface area contributed by atoms with Crippen LogP contribution in [0, 0.1) is 0 Å². The number of alkyl halides is 6. The third-order valence-electron chi connectivity index (χ3n) is 10.7. The molecule has 14 heteroatoms. The number of benzene rings is 8. The fraction of sp³-hybridized carbons (Fsp3) is 0.121. The normalized spacial score (nSPS) is 11.0. The van der Waals surface area contributed by atoms with E-state index in [2.05, 4.69) is 15.9 Å². The number of carbonyl (C=O) groups is 3. The Balaban J connectivity index is 0.000000180. The minimum atomic E-state index is -4.54. The number of carboxylic acids is 1. The average Bonchev–Trinajstić information content (AvgIpc) is 3.37. The molecule has 8 rings (SSSR count). The first-order valence-corrected chi connectivity index (χ1v) is 22.8. The first kappa shape index (κ1) is 53.4. The van der Waals surface area contributed by atoms with Crippen LogP contribution < -0.4 is 14.2 Å². The second kappa shape index (κ2) is 24.7. The SMILES string of the molecule is CC(=O)c1ccc(-c2ccccc2C(F)(F)F)c(OCc2ccccc2)c1.CC(=O)c1ccc(Br)c(OCc2ccccc2)c1.O=C(O)c1ccc(-c2ccccc2C(F)(F)F)c(OCc2ccccc2)c1. The maximum Gasteiger partial charge on any atom is 0.417 e. The van der Waals surface area contributed by atoms with E-state index < -0.39 is 29.4 Å². The standard InChI is InChI=1S/C22H17F3O2.C21H15F3O3.C15H13BrO2/c1-15(26)17-11-12-19(18-9-5-6-10-20(18)22(23,24)25)21(13-17)27-14-16-7-3-2-4-8-16;22-21(23,24)18-9-5-4-8-16(18)17-11-10-15(20(25)26)12-19(17)27-13-14-6-2-1-3-7-14;1-11(17)13-7-8-14(16)15(9-13)18-10-12-5-3-2-4-6-12/h2-13H,14H2,1H3;1-12H,13H2,(H,25,26);2-9H,10H2,1H3. The summed E-state index contributed by atoms with van der Waals surface area (Å²) < 4.78 is 98.5. The van der Waals surface area contributed by atoms with Crippen LogP contribution in [0.3, 0.4) is 0 Å². The largest absolute Gasteiger partial charge is 0.488 e. The Morgan fingerprint density at radius 2 is 0.736 bits per heavy atom. The second-order valence-corrected chi connectivity index (χ2v) is 16.7. The third kappa shape index (κ3) is 15.0. The summed E-state index contributed by atoms with van der Waals surface area (Å²) in [7, 11) is 0. The predicted octanol–water partition coefficient (Wildman–Crippen LogP) is 16.0. The van der Waals surface area contributed by atoms with Crippen molar-refractivity contribution in [1.82, 2.24) is 0 Å². The molecule has 72 heavy (non-hydrogen) atoms. The van der Waals surface area contributed by atoms with Crippen LogP contribution in [0.25, 0.3) is 22.3 Å². The van der Waals surface area contributed by atoms with Gasteiger partial charge in [-0.05, 0) is 112 Å². The van der Waals surface area contributed by atoms with Crippen molar-refractivity contribution in [2.45, 2.75) is 46.0 Å². The van der Waals surface area contributed by atoms with Crippen molar-refractivity contribution in [2.24, 2.45) is 0 Å². The Morgan fingerprint density at radius 1 is 0.417 bits per heavy atom. The van der Waals surface area contributed by atoms with Gasteiger partial charge in [0.25, 0.3) is 0 Å². The van der Waals surface area contributed by atoms with Gasteiger partial charge in [0.2, 0.25) is 0 Å². The lowest BCUT2D eigenvalue weighted by molar-refractivity contribution is -0.137. The van der Waals surface area contributed by atoms with Gasteiger partial charge in [0.1, 0.15) is 37.1 Å². The molecule has 0 heterocycles. The monoisotopic (exact) mass is 1050 g/mol. The van der Waals surface area contributed by atoms with Gasteiger partial charge in [0.05, 0.1) is 21.2 Å². The van der Waals surface area contributed by atoms with Gasteiger partial charge >= 0.3 is 18.3 Å². The van der Waals surface area contributed by atoms with Gasteiger partial charge in [-0.3, -0.25) is 9.59 Å². The summed E-state index contributed by atoms with van der Waals surface area (Å²) in [5.74, 6) is -0.331. The fourth-order valence-electron chi connectivity index (χ4n) is 7.05. The number of carboxylic acid groups (broad SMARTS) is 1. The summed E-state index contributed by atoms with van der Waals surface area (Å²) in [4.78, 5) is 34.3. The van der Waals surface area contributed by atoms with Gasteiger partial charge in [-0.15, -0.1) is 0 Å². The summed E-state index contributed by atoms with van der Waals surface area (Å²) in [5.41, 5.74) is 2.63. The number of aromatic carboxylic acids is 1. The molecule has 0 amide bonds. The van der Waals surface area contributed by atoms with E-state index in [1.165, 1.54) is 73.7 Å². The van der Waals surface area contributed by atoms with Crippen LogP contribution in [0.2, 0.25) is 0 Å². The fourth-order valence-corrected chi connectivity index (χ4v) is 7.41. The number of carbonyl (C=O) groups excluding carboxylic acids is 2. The predicted molar refractivity (Wildman–Crippen MR) is 267 cm³/mol. The molecule has 8 aromatic carbocycles. The molecule has 8 aromatic rings. The van der Waals surface area contributed by atoms with E-state index >= 15 is 0 Å². The Hall–Kier alpha value is -7.97. The lowest BCUT2D eigenvalue weighted by Gasteiger charge is -2.17. The lowest BCUT2D eigenvalue weighted by Crippen LogP contribution is -2.08. The molecule has 7 nitrogen and oxygen atoms in total. The smallest absolute Gasteiger partial charge is 0.417 e. The van der Waals surface area contributed by atoms with E-state index in [1.54, 1.807) is 25.1 Å². The molecule has 0 aliphatic rings. The first-order valence-electron chi connectivity index (χ1n) is 22.0.